The second kappa shape index (κ2) is 4.92. The van der Waals surface area contributed by atoms with E-state index in [4.69, 9.17) is 4.52 Å². The summed E-state index contributed by atoms with van der Waals surface area (Å²) in [5.74, 6) is -0.0687. The minimum Gasteiger partial charge on any atom is -0.393 e. The molecule has 2 atom stereocenters. The summed E-state index contributed by atoms with van der Waals surface area (Å²) < 4.78 is 27.0. The molecular formula is C9H16N2O4S. The summed E-state index contributed by atoms with van der Waals surface area (Å²) in [7, 11) is -3.16. The van der Waals surface area contributed by atoms with Crippen LogP contribution in [0.2, 0.25) is 0 Å². The maximum absolute atomic E-state index is 11.0. The predicted octanol–water partition coefficient (Wildman–Crippen LogP) is 0.489. The van der Waals surface area contributed by atoms with E-state index in [-0.39, 0.29) is 23.4 Å². The molecule has 0 aromatic carbocycles. The van der Waals surface area contributed by atoms with Gasteiger partial charge in [0, 0.05) is 6.26 Å². The van der Waals surface area contributed by atoms with Crippen LogP contribution in [0.3, 0.4) is 0 Å². The van der Waals surface area contributed by atoms with Crippen LogP contribution in [0.4, 0.5) is 0 Å². The third-order valence-electron chi connectivity index (χ3n) is 2.21. The molecule has 0 aliphatic carbocycles. The van der Waals surface area contributed by atoms with Gasteiger partial charge in [-0.2, -0.15) is 4.98 Å². The van der Waals surface area contributed by atoms with Crippen LogP contribution in [0.25, 0.3) is 0 Å². The maximum atomic E-state index is 11.0. The Kier molecular flexibility index (Phi) is 4.03. The standard InChI is InChI=1S/C9H16N2O4S/c1-4-7(6(2)12)9-10-8(11-15-9)5-16(3,13)14/h6-7,12H,4-5H2,1-3H3. The van der Waals surface area contributed by atoms with Gasteiger partial charge in [0.25, 0.3) is 0 Å². The topological polar surface area (TPSA) is 93.3 Å². The van der Waals surface area contributed by atoms with Crippen molar-refractivity contribution < 1.29 is 18.0 Å². The van der Waals surface area contributed by atoms with Gasteiger partial charge in [0.15, 0.2) is 15.7 Å². The molecular weight excluding hydrogens is 232 g/mol. The first-order valence-corrected chi connectivity index (χ1v) is 7.07. The smallest absolute Gasteiger partial charge is 0.232 e. The summed E-state index contributed by atoms with van der Waals surface area (Å²) in [6.45, 7) is 3.52. The van der Waals surface area contributed by atoms with Crippen LogP contribution >= 0.6 is 0 Å². The molecule has 1 N–H and O–H groups in total. The molecule has 16 heavy (non-hydrogen) atoms. The molecule has 7 heteroatoms. The van der Waals surface area contributed by atoms with Crippen LogP contribution in [-0.2, 0) is 15.6 Å². The van der Waals surface area contributed by atoms with Crippen molar-refractivity contribution in [1.29, 1.82) is 0 Å². The molecule has 0 spiro atoms. The lowest BCUT2D eigenvalue weighted by molar-refractivity contribution is 0.141. The molecule has 1 aromatic rings. The summed E-state index contributed by atoms with van der Waals surface area (Å²) in [4.78, 5) is 3.97. The zero-order valence-corrected chi connectivity index (χ0v) is 10.4. The van der Waals surface area contributed by atoms with Gasteiger partial charge in [-0.15, -0.1) is 0 Å². The summed E-state index contributed by atoms with van der Waals surface area (Å²) in [6, 6.07) is 0. The van der Waals surface area contributed by atoms with Crippen molar-refractivity contribution >= 4 is 9.84 Å². The second-order valence-corrected chi connectivity index (χ2v) is 6.01. The molecule has 1 rings (SSSR count). The quantitative estimate of drug-likeness (QED) is 0.815. The van der Waals surface area contributed by atoms with Gasteiger partial charge < -0.3 is 9.63 Å². The molecule has 0 saturated carbocycles. The van der Waals surface area contributed by atoms with Crippen molar-refractivity contribution in [2.24, 2.45) is 0 Å². The number of rotatable bonds is 5. The third kappa shape index (κ3) is 3.57. The minimum atomic E-state index is -3.16. The molecule has 1 aromatic heterocycles. The maximum Gasteiger partial charge on any atom is 0.232 e. The van der Waals surface area contributed by atoms with E-state index < -0.39 is 15.9 Å². The highest BCUT2D eigenvalue weighted by Gasteiger charge is 2.22. The highest BCUT2D eigenvalue weighted by atomic mass is 32.2. The summed E-state index contributed by atoms with van der Waals surface area (Å²) in [6.07, 6.45) is 1.16. The largest absolute Gasteiger partial charge is 0.393 e. The van der Waals surface area contributed by atoms with Crippen LogP contribution in [0, 0.1) is 0 Å². The Labute approximate surface area is 94.6 Å². The monoisotopic (exact) mass is 248 g/mol. The molecule has 0 aliphatic rings. The van der Waals surface area contributed by atoms with Gasteiger partial charge >= 0.3 is 0 Å². The number of hydrogen-bond donors (Lipinski definition) is 1. The van der Waals surface area contributed by atoms with E-state index >= 15 is 0 Å². The van der Waals surface area contributed by atoms with Gasteiger partial charge in [-0.1, -0.05) is 12.1 Å². The molecule has 2 unspecified atom stereocenters. The molecule has 0 radical (unpaired) electrons. The van der Waals surface area contributed by atoms with E-state index in [1.165, 1.54) is 0 Å². The number of aromatic nitrogens is 2. The molecule has 0 amide bonds. The number of sulfone groups is 1. The first-order chi connectivity index (χ1) is 7.33. The van der Waals surface area contributed by atoms with E-state index in [0.29, 0.717) is 6.42 Å². The zero-order valence-electron chi connectivity index (χ0n) is 9.54. The highest BCUT2D eigenvalue weighted by molar-refractivity contribution is 7.89. The summed E-state index contributed by atoms with van der Waals surface area (Å²) in [5, 5.41) is 13.0. The fraction of sp³-hybridized carbons (Fsp3) is 0.778. The van der Waals surface area contributed by atoms with E-state index in [1.807, 2.05) is 6.92 Å². The average Bonchev–Trinajstić information content (AvgIpc) is 2.50. The lowest BCUT2D eigenvalue weighted by atomic mass is 10.0. The first kappa shape index (κ1) is 13.1. The molecule has 92 valence electrons. The first-order valence-electron chi connectivity index (χ1n) is 5.01. The van der Waals surface area contributed by atoms with Crippen LogP contribution in [-0.4, -0.2) is 36.0 Å². The lowest BCUT2D eigenvalue weighted by Gasteiger charge is -2.12. The van der Waals surface area contributed by atoms with Gasteiger partial charge in [-0.05, 0) is 13.3 Å². The lowest BCUT2D eigenvalue weighted by Crippen LogP contribution is -2.14. The van der Waals surface area contributed by atoms with Crippen LogP contribution in [0.15, 0.2) is 4.52 Å². The van der Waals surface area contributed by atoms with Crippen LogP contribution in [0.5, 0.6) is 0 Å². The number of aliphatic hydroxyl groups excluding tert-OH is 1. The van der Waals surface area contributed by atoms with E-state index in [2.05, 4.69) is 10.1 Å². The SMILES string of the molecule is CCC(c1nc(CS(C)(=O)=O)no1)C(C)O. The number of nitrogens with zero attached hydrogens (tertiary/aromatic N) is 2. The Morgan fingerprint density at radius 2 is 2.12 bits per heavy atom. The van der Waals surface area contributed by atoms with E-state index in [1.54, 1.807) is 6.92 Å². The Morgan fingerprint density at radius 1 is 1.50 bits per heavy atom. The average molecular weight is 248 g/mol. The Bertz CT molecular complexity index is 438. The molecule has 0 aliphatic heterocycles. The van der Waals surface area contributed by atoms with Gasteiger partial charge in [-0.25, -0.2) is 8.42 Å². The van der Waals surface area contributed by atoms with Crippen molar-refractivity contribution in [2.75, 3.05) is 6.26 Å². The molecule has 6 nitrogen and oxygen atoms in total. The highest BCUT2D eigenvalue weighted by Crippen LogP contribution is 2.21. The fourth-order valence-corrected chi connectivity index (χ4v) is 2.02. The molecule has 0 saturated heterocycles. The van der Waals surface area contributed by atoms with Crippen LogP contribution in [0.1, 0.15) is 37.9 Å². The van der Waals surface area contributed by atoms with Gasteiger partial charge in [0.1, 0.15) is 5.75 Å². The normalized spacial score (nSPS) is 16.0. The Morgan fingerprint density at radius 3 is 2.56 bits per heavy atom. The molecule has 0 bridgehead atoms. The second-order valence-electron chi connectivity index (χ2n) is 3.87. The van der Waals surface area contributed by atoms with Gasteiger partial charge in [0.05, 0.1) is 12.0 Å². The van der Waals surface area contributed by atoms with Crippen molar-refractivity contribution in [1.82, 2.24) is 10.1 Å². The molecule has 1 heterocycles. The molecule has 0 fully saturated rings. The van der Waals surface area contributed by atoms with Gasteiger partial charge in [-0.3, -0.25) is 0 Å². The third-order valence-corrected chi connectivity index (χ3v) is 3.00. The van der Waals surface area contributed by atoms with Crippen LogP contribution < -0.4 is 0 Å². The van der Waals surface area contributed by atoms with Gasteiger partial charge in [0.2, 0.25) is 5.89 Å². The Balaban J connectivity index is 2.86. The summed E-state index contributed by atoms with van der Waals surface area (Å²) in [5.41, 5.74) is 0. The number of hydrogen-bond acceptors (Lipinski definition) is 6. The predicted molar refractivity (Wildman–Crippen MR) is 57.6 cm³/mol. The van der Waals surface area contributed by atoms with Crippen molar-refractivity contribution in [2.45, 2.75) is 38.0 Å². The van der Waals surface area contributed by atoms with E-state index in [9.17, 15) is 13.5 Å². The minimum absolute atomic E-state index is 0.136. The van der Waals surface area contributed by atoms with Crippen molar-refractivity contribution in [3.05, 3.63) is 11.7 Å². The van der Waals surface area contributed by atoms with E-state index in [0.717, 1.165) is 6.26 Å². The Hall–Kier alpha value is -0.950. The zero-order chi connectivity index (χ0) is 12.3. The summed E-state index contributed by atoms with van der Waals surface area (Å²) >= 11 is 0. The van der Waals surface area contributed by atoms with Crippen molar-refractivity contribution in [3.8, 4) is 0 Å². The number of aliphatic hydroxyl groups is 1. The fourth-order valence-electron chi connectivity index (χ4n) is 1.43. The van der Waals surface area contributed by atoms with Crippen molar-refractivity contribution in [3.63, 3.8) is 0 Å².